The van der Waals surface area contributed by atoms with Crippen LogP contribution in [0.4, 0.5) is 5.69 Å². The van der Waals surface area contributed by atoms with Crippen molar-refractivity contribution in [1.82, 2.24) is 10.2 Å². The van der Waals surface area contributed by atoms with Gasteiger partial charge in [0, 0.05) is 12.6 Å². The van der Waals surface area contributed by atoms with Gasteiger partial charge in [0.2, 0.25) is 21.8 Å². The molecule has 9 heteroatoms. The molecule has 0 fully saturated rings. The maximum absolute atomic E-state index is 13.7. The molecule has 40 heavy (non-hydrogen) atoms. The Labute approximate surface area is 238 Å². The second kappa shape index (κ2) is 14.0. The molecule has 0 aliphatic rings. The van der Waals surface area contributed by atoms with E-state index in [1.807, 2.05) is 75.4 Å². The summed E-state index contributed by atoms with van der Waals surface area (Å²) in [6.45, 7) is 7.56. The predicted octanol–water partition coefficient (Wildman–Crippen LogP) is 4.67. The quantitative estimate of drug-likeness (QED) is 0.325. The Morgan fingerprint density at radius 3 is 2.15 bits per heavy atom. The van der Waals surface area contributed by atoms with Gasteiger partial charge >= 0.3 is 0 Å². The molecule has 0 aliphatic carbocycles. The van der Waals surface area contributed by atoms with Gasteiger partial charge < -0.3 is 15.0 Å². The predicted molar refractivity (Wildman–Crippen MR) is 158 cm³/mol. The van der Waals surface area contributed by atoms with Crippen LogP contribution in [0, 0.1) is 6.92 Å². The van der Waals surface area contributed by atoms with Gasteiger partial charge in [-0.2, -0.15) is 0 Å². The Balaban J connectivity index is 1.83. The number of benzene rings is 3. The van der Waals surface area contributed by atoms with E-state index in [1.54, 1.807) is 31.2 Å². The second-order valence-electron chi connectivity index (χ2n) is 9.98. The van der Waals surface area contributed by atoms with Gasteiger partial charge in [-0.3, -0.25) is 13.9 Å². The Morgan fingerprint density at radius 1 is 0.925 bits per heavy atom. The highest BCUT2D eigenvalue weighted by atomic mass is 32.2. The number of nitrogens with one attached hydrogen (secondary N) is 1. The van der Waals surface area contributed by atoms with Crippen molar-refractivity contribution in [3.8, 4) is 5.75 Å². The lowest BCUT2D eigenvalue weighted by Gasteiger charge is -2.32. The highest BCUT2D eigenvalue weighted by molar-refractivity contribution is 7.92. The van der Waals surface area contributed by atoms with E-state index in [0.717, 1.165) is 33.7 Å². The van der Waals surface area contributed by atoms with Gasteiger partial charge in [-0.15, -0.1) is 0 Å². The van der Waals surface area contributed by atoms with Gasteiger partial charge in [0.1, 0.15) is 24.9 Å². The van der Waals surface area contributed by atoms with E-state index in [9.17, 15) is 18.0 Å². The lowest BCUT2D eigenvalue weighted by atomic mass is 10.1. The summed E-state index contributed by atoms with van der Waals surface area (Å²) in [4.78, 5) is 28.2. The average Bonchev–Trinajstić information content (AvgIpc) is 2.94. The van der Waals surface area contributed by atoms with Crippen LogP contribution in [0.5, 0.6) is 5.75 Å². The molecule has 2 atom stereocenters. The Morgan fingerprint density at radius 2 is 1.55 bits per heavy atom. The number of amides is 2. The minimum Gasteiger partial charge on any atom is -0.489 e. The van der Waals surface area contributed by atoms with Gasteiger partial charge in [0.05, 0.1) is 11.9 Å². The number of sulfonamides is 1. The first-order valence-corrected chi connectivity index (χ1v) is 15.2. The van der Waals surface area contributed by atoms with E-state index < -0.39 is 28.5 Å². The summed E-state index contributed by atoms with van der Waals surface area (Å²) in [5.41, 5.74) is 3.19. The van der Waals surface area contributed by atoms with Crippen molar-refractivity contribution in [2.45, 2.75) is 59.4 Å². The molecule has 0 heterocycles. The van der Waals surface area contributed by atoms with Crippen molar-refractivity contribution in [1.29, 1.82) is 0 Å². The molecular formula is C31H39N3O5S. The summed E-state index contributed by atoms with van der Waals surface area (Å²) in [5, 5.41) is 2.93. The smallest absolute Gasteiger partial charge is 0.244 e. The fourth-order valence-corrected chi connectivity index (χ4v) is 4.93. The number of hydrogen-bond acceptors (Lipinski definition) is 5. The molecule has 214 valence electrons. The number of rotatable bonds is 13. The normalized spacial score (nSPS) is 12.7. The topological polar surface area (TPSA) is 96.0 Å². The molecule has 2 amide bonds. The summed E-state index contributed by atoms with van der Waals surface area (Å²) in [7, 11) is -3.82. The highest BCUT2D eigenvalue weighted by Gasteiger charge is 2.30. The van der Waals surface area contributed by atoms with Gasteiger partial charge in [0.15, 0.2) is 0 Å². The van der Waals surface area contributed by atoms with E-state index >= 15 is 0 Å². The maximum Gasteiger partial charge on any atom is 0.244 e. The average molecular weight is 566 g/mol. The number of carbonyl (C=O) groups is 2. The number of hydrogen-bond donors (Lipinski definition) is 1. The molecule has 3 rings (SSSR count). The summed E-state index contributed by atoms with van der Waals surface area (Å²) < 4.78 is 32.5. The van der Waals surface area contributed by atoms with Crippen molar-refractivity contribution in [2.75, 3.05) is 17.1 Å². The van der Waals surface area contributed by atoms with Crippen molar-refractivity contribution in [2.24, 2.45) is 0 Å². The first-order chi connectivity index (χ1) is 19.0. The van der Waals surface area contributed by atoms with Crippen LogP contribution < -0.4 is 14.4 Å². The fraction of sp³-hybridized carbons (Fsp3) is 0.355. The van der Waals surface area contributed by atoms with E-state index in [-0.39, 0.29) is 18.5 Å². The molecule has 0 radical (unpaired) electrons. The number of ether oxygens (including phenoxy) is 1. The summed E-state index contributed by atoms with van der Waals surface area (Å²) >= 11 is 0. The molecule has 3 aromatic rings. The summed E-state index contributed by atoms with van der Waals surface area (Å²) in [6, 6.07) is 23.0. The Bertz CT molecular complexity index is 1380. The minimum atomic E-state index is -3.82. The largest absolute Gasteiger partial charge is 0.489 e. The standard InChI is InChI=1S/C31H39N3O5S/c1-6-24(3)32-31(36)25(4)33(20-27-15-11-10-12-23(27)2)30(35)21-34(40(5,37)38)28-16-18-29(19-17-28)39-22-26-13-8-7-9-14-26/h7-19,24-25H,6,20-22H2,1-5H3,(H,32,36)/t24-,25-/m0/s1. The third-order valence-electron chi connectivity index (χ3n) is 6.82. The van der Waals surface area contributed by atoms with E-state index in [1.165, 1.54) is 4.90 Å². The molecule has 8 nitrogen and oxygen atoms in total. The van der Waals surface area contributed by atoms with Crippen LogP contribution >= 0.6 is 0 Å². The van der Waals surface area contributed by atoms with Gasteiger partial charge in [-0.25, -0.2) is 8.42 Å². The van der Waals surface area contributed by atoms with Gasteiger partial charge in [-0.1, -0.05) is 61.5 Å². The zero-order chi connectivity index (χ0) is 29.3. The highest BCUT2D eigenvalue weighted by Crippen LogP contribution is 2.23. The zero-order valence-electron chi connectivity index (χ0n) is 23.8. The Hall–Kier alpha value is -3.85. The van der Waals surface area contributed by atoms with E-state index in [0.29, 0.717) is 18.0 Å². The van der Waals surface area contributed by atoms with E-state index in [2.05, 4.69) is 5.32 Å². The molecule has 0 aromatic heterocycles. The molecule has 0 bridgehead atoms. The molecule has 1 N–H and O–H groups in total. The second-order valence-corrected chi connectivity index (χ2v) is 11.9. The monoisotopic (exact) mass is 565 g/mol. The van der Waals surface area contributed by atoms with Crippen molar-refractivity contribution in [3.05, 3.63) is 95.6 Å². The van der Waals surface area contributed by atoms with Crippen LogP contribution in [0.2, 0.25) is 0 Å². The number of carbonyl (C=O) groups excluding carboxylic acids is 2. The molecule has 0 saturated heterocycles. The van der Waals surface area contributed by atoms with Crippen LogP contribution in [0.3, 0.4) is 0 Å². The summed E-state index contributed by atoms with van der Waals surface area (Å²) in [6.07, 6.45) is 1.81. The SMILES string of the molecule is CC[C@H](C)NC(=O)[C@H](C)N(Cc1ccccc1C)C(=O)CN(c1ccc(OCc2ccccc2)cc1)S(C)(=O)=O. The number of anilines is 1. The van der Waals surface area contributed by atoms with Crippen LogP contribution in [0.1, 0.15) is 43.9 Å². The molecular weight excluding hydrogens is 526 g/mol. The lowest BCUT2D eigenvalue weighted by Crippen LogP contribution is -2.52. The minimum absolute atomic E-state index is 0.0551. The summed E-state index contributed by atoms with van der Waals surface area (Å²) in [5.74, 6) is -0.198. The van der Waals surface area contributed by atoms with Crippen LogP contribution in [0.15, 0.2) is 78.9 Å². The molecule has 0 unspecified atom stereocenters. The molecule has 0 saturated carbocycles. The zero-order valence-corrected chi connectivity index (χ0v) is 24.6. The maximum atomic E-state index is 13.7. The van der Waals surface area contributed by atoms with Crippen molar-refractivity contribution in [3.63, 3.8) is 0 Å². The first kappa shape index (κ1) is 30.7. The van der Waals surface area contributed by atoms with E-state index in [4.69, 9.17) is 4.74 Å². The fourth-order valence-electron chi connectivity index (χ4n) is 4.08. The third-order valence-corrected chi connectivity index (χ3v) is 7.96. The van der Waals surface area contributed by atoms with Gasteiger partial charge in [0.25, 0.3) is 0 Å². The number of aryl methyl sites for hydroxylation is 1. The van der Waals surface area contributed by atoms with Crippen molar-refractivity contribution >= 4 is 27.5 Å². The molecule has 3 aromatic carbocycles. The van der Waals surface area contributed by atoms with Crippen molar-refractivity contribution < 1.29 is 22.7 Å². The molecule has 0 spiro atoms. The third kappa shape index (κ3) is 8.58. The molecule has 0 aliphatic heterocycles. The lowest BCUT2D eigenvalue weighted by molar-refractivity contribution is -0.139. The number of nitrogens with zero attached hydrogens (tertiary/aromatic N) is 2. The van der Waals surface area contributed by atoms with Crippen LogP contribution in [0.25, 0.3) is 0 Å². The van der Waals surface area contributed by atoms with Crippen LogP contribution in [-0.4, -0.2) is 50.0 Å². The van der Waals surface area contributed by atoms with Gasteiger partial charge in [-0.05, 0) is 68.1 Å². The first-order valence-electron chi connectivity index (χ1n) is 13.4. The Kier molecular flexibility index (Phi) is 10.7. The van der Waals surface area contributed by atoms with Crippen LogP contribution in [-0.2, 0) is 32.8 Å².